The number of anilines is 1. The fourth-order valence-electron chi connectivity index (χ4n) is 1.13. The van der Waals surface area contributed by atoms with Crippen molar-refractivity contribution < 1.29 is 8.91 Å². The van der Waals surface area contributed by atoms with E-state index in [1.165, 1.54) is 6.26 Å². The van der Waals surface area contributed by atoms with Gasteiger partial charge >= 0.3 is 6.08 Å². The van der Waals surface area contributed by atoms with Gasteiger partial charge in [-0.25, -0.2) is 4.98 Å². The van der Waals surface area contributed by atoms with Crippen LogP contribution in [0.4, 0.5) is 10.2 Å². The van der Waals surface area contributed by atoms with E-state index in [9.17, 15) is 4.39 Å². The van der Waals surface area contributed by atoms with E-state index in [0.717, 1.165) is 5.69 Å². The second-order valence-electron chi connectivity index (χ2n) is 3.01. The number of hydrogen-bond donors (Lipinski definition) is 1. The number of nitrogens with one attached hydrogen (secondary N) is 1. The Kier molecular flexibility index (Phi) is 2.57. The van der Waals surface area contributed by atoms with Crippen molar-refractivity contribution >= 4 is 5.82 Å². The van der Waals surface area contributed by atoms with E-state index in [-0.39, 0.29) is 0 Å². The van der Waals surface area contributed by atoms with Crippen molar-refractivity contribution in [1.29, 1.82) is 0 Å². The van der Waals surface area contributed by atoms with Gasteiger partial charge in [-0.05, 0) is 6.92 Å². The largest absolute Gasteiger partial charge is 0.364 e. The van der Waals surface area contributed by atoms with Crippen LogP contribution in [0.15, 0.2) is 22.9 Å². The van der Waals surface area contributed by atoms with E-state index in [1.807, 2.05) is 0 Å². The summed E-state index contributed by atoms with van der Waals surface area (Å²) < 4.78 is 17.5. The lowest BCUT2D eigenvalue weighted by Gasteiger charge is -2.03. The second-order valence-corrected chi connectivity index (χ2v) is 3.01. The van der Waals surface area contributed by atoms with Crippen molar-refractivity contribution in [3.63, 3.8) is 0 Å². The summed E-state index contributed by atoms with van der Waals surface area (Å²) in [5.74, 6) is 0.433. The van der Waals surface area contributed by atoms with Gasteiger partial charge in [0.1, 0.15) is 17.8 Å². The lowest BCUT2D eigenvalue weighted by atomic mass is 10.4. The van der Waals surface area contributed by atoms with Crippen LogP contribution in [0.2, 0.25) is 0 Å². The van der Waals surface area contributed by atoms with Crippen LogP contribution in [0.25, 0.3) is 0 Å². The Balaban J connectivity index is 2.05. The normalized spacial score (nSPS) is 10.3. The molecule has 2 aromatic rings. The summed E-state index contributed by atoms with van der Waals surface area (Å²) in [6.07, 6.45) is 0.737. The number of nitrogens with zero attached hydrogens (tertiary/aromatic N) is 3. The quantitative estimate of drug-likeness (QED) is 0.775. The number of halogens is 1. The highest BCUT2D eigenvalue weighted by atomic mass is 19.1. The maximum atomic E-state index is 12.8. The molecule has 0 amide bonds. The van der Waals surface area contributed by atoms with Gasteiger partial charge in [0.25, 0.3) is 0 Å². The van der Waals surface area contributed by atoms with Crippen LogP contribution in [0.1, 0.15) is 11.4 Å². The second kappa shape index (κ2) is 4.04. The first-order valence-corrected chi connectivity index (χ1v) is 4.38. The van der Waals surface area contributed by atoms with Crippen molar-refractivity contribution in [2.24, 2.45) is 0 Å². The molecule has 0 aliphatic rings. The Labute approximate surface area is 85.3 Å². The summed E-state index contributed by atoms with van der Waals surface area (Å²) >= 11 is 0. The third kappa shape index (κ3) is 2.49. The van der Waals surface area contributed by atoms with Gasteiger partial charge in [-0.3, -0.25) is 0 Å². The Morgan fingerprint density at radius 2 is 2.33 bits per heavy atom. The van der Waals surface area contributed by atoms with Gasteiger partial charge in [0.05, 0.1) is 6.54 Å². The minimum atomic E-state index is -0.738. The molecule has 2 heterocycles. The molecule has 0 saturated heterocycles. The van der Waals surface area contributed by atoms with Crippen LogP contribution in [-0.2, 0) is 6.54 Å². The van der Waals surface area contributed by atoms with E-state index < -0.39 is 6.08 Å². The number of rotatable bonds is 3. The molecule has 0 saturated carbocycles. The van der Waals surface area contributed by atoms with Gasteiger partial charge in [0.15, 0.2) is 0 Å². The van der Waals surface area contributed by atoms with Crippen LogP contribution in [-0.4, -0.2) is 15.1 Å². The van der Waals surface area contributed by atoms with E-state index in [1.54, 1.807) is 19.1 Å². The molecule has 2 aromatic heterocycles. The first-order chi connectivity index (χ1) is 7.24. The Morgan fingerprint density at radius 1 is 1.47 bits per heavy atom. The minimum absolute atomic E-state index is 0.433. The first-order valence-electron chi connectivity index (χ1n) is 4.38. The maximum Gasteiger partial charge on any atom is 0.310 e. The lowest BCUT2D eigenvalue weighted by Crippen LogP contribution is -2.04. The highest BCUT2D eigenvalue weighted by molar-refractivity contribution is 5.34. The van der Waals surface area contributed by atoms with Crippen molar-refractivity contribution in [2.75, 3.05) is 5.32 Å². The fourth-order valence-corrected chi connectivity index (χ4v) is 1.13. The third-order valence-corrected chi connectivity index (χ3v) is 1.77. The van der Waals surface area contributed by atoms with Crippen LogP contribution >= 0.6 is 0 Å². The predicted molar refractivity (Wildman–Crippen MR) is 50.6 cm³/mol. The number of hydrogen-bond acceptors (Lipinski definition) is 5. The van der Waals surface area contributed by atoms with Gasteiger partial charge in [0.2, 0.25) is 0 Å². The van der Waals surface area contributed by atoms with Crippen LogP contribution in [0.5, 0.6) is 0 Å². The van der Waals surface area contributed by atoms with E-state index in [0.29, 0.717) is 18.1 Å². The standard InChI is InChI=1S/C9H9FN4O/c1-6-4-8(13-9(10)12-6)11-5-7-2-3-15-14-7/h2-4H,5H2,1H3,(H,11,12,13). The summed E-state index contributed by atoms with van der Waals surface area (Å²) in [5, 5.41) is 6.62. The molecule has 78 valence electrons. The third-order valence-electron chi connectivity index (χ3n) is 1.77. The molecule has 5 nitrogen and oxygen atoms in total. The smallest absolute Gasteiger partial charge is 0.310 e. The van der Waals surface area contributed by atoms with E-state index >= 15 is 0 Å². The summed E-state index contributed by atoms with van der Waals surface area (Å²) in [7, 11) is 0. The molecule has 0 spiro atoms. The molecule has 0 fully saturated rings. The molecule has 0 atom stereocenters. The van der Waals surface area contributed by atoms with E-state index in [2.05, 4.69) is 25.0 Å². The molecule has 0 unspecified atom stereocenters. The Bertz CT molecular complexity index is 423. The highest BCUT2D eigenvalue weighted by Gasteiger charge is 2.01. The van der Waals surface area contributed by atoms with Crippen molar-refractivity contribution in [1.82, 2.24) is 15.1 Å². The van der Waals surface area contributed by atoms with Gasteiger partial charge in [0, 0.05) is 17.8 Å². The average molecular weight is 208 g/mol. The zero-order chi connectivity index (χ0) is 10.7. The molecule has 15 heavy (non-hydrogen) atoms. The summed E-state index contributed by atoms with van der Waals surface area (Å²) in [6, 6.07) is 3.38. The zero-order valence-corrected chi connectivity index (χ0v) is 8.07. The SMILES string of the molecule is Cc1cc(NCc2ccon2)nc(F)n1. The fraction of sp³-hybridized carbons (Fsp3) is 0.222. The van der Waals surface area contributed by atoms with E-state index in [4.69, 9.17) is 0 Å². The molecule has 2 rings (SSSR count). The van der Waals surface area contributed by atoms with Crippen LogP contribution in [0.3, 0.4) is 0 Å². The van der Waals surface area contributed by atoms with Crippen LogP contribution < -0.4 is 5.32 Å². The Morgan fingerprint density at radius 3 is 3.00 bits per heavy atom. The van der Waals surface area contributed by atoms with Gasteiger partial charge in [-0.15, -0.1) is 0 Å². The average Bonchev–Trinajstić information content (AvgIpc) is 2.65. The molecule has 6 heteroatoms. The summed E-state index contributed by atoms with van der Waals surface area (Å²) in [5.41, 5.74) is 1.30. The molecular weight excluding hydrogens is 199 g/mol. The first kappa shape index (κ1) is 9.57. The lowest BCUT2D eigenvalue weighted by molar-refractivity contribution is 0.412. The van der Waals surface area contributed by atoms with Gasteiger partial charge in [-0.1, -0.05) is 5.16 Å². The molecule has 1 N–H and O–H groups in total. The van der Waals surface area contributed by atoms with Gasteiger partial charge in [-0.2, -0.15) is 9.37 Å². The minimum Gasteiger partial charge on any atom is -0.364 e. The van der Waals surface area contributed by atoms with Gasteiger partial charge < -0.3 is 9.84 Å². The monoisotopic (exact) mass is 208 g/mol. The predicted octanol–water partition coefficient (Wildman–Crippen LogP) is 1.52. The highest BCUT2D eigenvalue weighted by Crippen LogP contribution is 2.06. The maximum absolute atomic E-state index is 12.8. The van der Waals surface area contributed by atoms with Crippen molar-refractivity contribution in [3.05, 3.63) is 35.9 Å². The molecule has 0 aliphatic heterocycles. The van der Waals surface area contributed by atoms with Crippen molar-refractivity contribution in [3.8, 4) is 0 Å². The zero-order valence-electron chi connectivity index (χ0n) is 8.07. The molecule has 0 bridgehead atoms. The molecule has 0 aliphatic carbocycles. The molecule has 0 radical (unpaired) electrons. The molecule has 0 aromatic carbocycles. The van der Waals surface area contributed by atoms with Crippen molar-refractivity contribution in [2.45, 2.75) is 13.5 Å². The topological polar surface area (TPSA) is 63.8 Å². The molecular formula is C9H9FN4O. The number of aromatic nitrogens is 3. The Hall–Kier alpha value is -1.98. The number of aryl methyl sites for hydroxylation is 1. The summed E-state index contributed by atoms with van der Waals surface area (Å²) in [4.78, 5) is 7.11. The van der Waals surface area contributed by atoms with Crippen LogP contribution in [0, 0.1) is 13.0 Å². The summed E-state index contributed by atoms with van der Waals surface area (Å²) in [6.45, 7) is 2.14.